The van der Waals surface area contributed by atoms with Crippen molar-refractivity contribution in [1.82, 2.24) is 5.32 Å². The van der Waals surface area contributed by atoms with Crippen LogP contribution in [0.25, 0.3) is 0 Å². The topological polar surface area (TPSA) is 72.5 Å². The zero-order valence-electron chi connectivity index (χ0n) is 8.02. The second-order valence-electron chi connectivity index (χ2n) is 3.17. The summed E-state index contributed by atoms with van der Waals surface area (Å²) in [6, 6.07) is -0.468. The van der Waals surface area contributed by atoms with Gasteiger partial charge in [0.1, 0.15) is 6.04 Å². The molecule has 1 saturated heterocycles. The summed E-state index contributed by atoms with van der Waals surface area (Å²) in [5.74, 6) is -0.397. The van der Waals surface area contributed by atoms with Gasteiger partial charge in [-0.05, 0) is 6.42 Å². The number of nitrogens with one attached hydrogen (secondary N) is 1. The normalized spacial score (nSPS) is 26.7. The van der Waals surface area contributed by atoms with Gasteiger partial charge in [-0.2, -0.15) is 0 Å². The highest BCUT2D eigenvalue weighted by Gasteiger charge is 2.35. The van der Waals surface area contributed by atoms with Crippen molar-refractivity contribution in [2.75, 3.05) is 19.9 Å². The molecule has 0 radical (unpaired) electrons. The number of ether oxygens (including phenoxy) is 1. The van der Waals surface area contributed by atoms with E-state index in [1.54, 1.807) is 0 Å². The van der Waals surface area contributed by atoms with Crippen molar-refractivity contribution in [3.05, 3.63) is 0 Å². The largest absolute Gasteiger partial charge is 0.468 e. The van der Waals surface area contributed by atoms with Crippen molar-refractivity contribution in [2.45, 2.75) is 17.7 Å². The van der Waals surface area contributed by atoms with Crippen LogP contribution < -0.4 is 5.32 Å². The molecule has 5 nitrogen and oxygen atoms in total. The highest BCUT2D eigenvalue weighted by molar-refractivity contribution is 7.91. The fourth-order valence-electron chi connectivity index (χ4n) is 1.35. The Labute approximate surface area is 89.5 Å². The maximum absolute atomic E-state index is 11.1. The van der Waals surface area contributed by atoms with Crippen molar-refractivity contribution < 1.29 is 17.9 Å². The van der Waals surface area contributed by atoms with Crippen LogP contribution in [0.3, 0.4) is 0 Å². The smallest absolute Gasteiger partial charge is 0.322 e. The molecule has 0 aromatic heterocycles. The van der Waals surface area contributed by atoms with Gasteiger partial charge in [0.25, 0.3) is 0 Å². The van der Waals surface area contributed by atoms with E-state index in [2.05, 4.69) is 10.1 Å². The molecule has 14 heavy (non-hydrogen) atoms. The van der Waals surface area contributed by atoms with Gasteiger partial charge in [0.15, 0.2) is 9.84 Å². The molecule has 1 aliphatic rings. The Morgan fingerprint density at radius 1 is 1.50 bits per heavy atom. The van der Waals surface area contributed by atoms with E-state index in [-0.39, 0.29) is 12.4 Å². The lowest BCUT2D eigenvalue weighted by Gasteiger charge is -2.06. The summed E-state index contributed by atoms with van der Waals surface area (Å²) in [6.45, 7) is 0.332. The highest BCUT2D eigenvalue weighted by Crippen LogP contribution is 2.14. The fourth-order valence-corrected chi connectivity index (χ4v) is 2.29. The summed E-state index contributed by atoms with van der Waals surface area (Å²) < 4.78 is 26.7. The number of rotatable bonds is 2. The molecule has 1 N–H and O–H groups in total. The molecule has 0 aromatic carbocycles. The number of esters is 1. The van der Waals surface area contributed by atoms with E-state index >= 15 is 0 Å². The van der Waals surface area contributed by atoms with Gasteiger partial charge in [-0.1, -0.05) is 0 Å². The van der Waals surface area contributed by atoms with Crippen molar-refractivity contribution in [2.24, 2.45) is 0 Å². The van der Waals surface area contributed by atoms with Gasteiger partial charge in [-0.3, -0.25) is 4.79 Å². The van der Waals surface area contributed by atoms with Gasteiger partial charge in [0, 0.05) is 12.8 Å². The maximum Gasteiger partial charge on any atom is 0.322 e. The maximum atomic E-state index is 11.1. The van der Waals surface area contributed by atoms with Gasteiger partial charge in [0.2, 0.25) is 0 Å². The molecular formula is C7H14ClNO4S. The predicted octanol–water partition coefficient (Wildman–Crippen LogP) is -0.644. The first-order valence-corrected chi connectivity index (χ1v) is 5.90. The monoisotopic (exact) mass is 243 g/mol. The Kier molecular flexibility index (Phi) is 4.83. The third-order valence-corrected chi connectivity index (χ3v) is 3.75. The van der Waals surface area contributed by atoms with Crippen LogP contribution in [-0.4, -0.2) is 45.6 Å². The van der Waals surface area contributed by atoms with Gasteiger partial charge in [-0.25, -0.2) is 8.42 Å². The molecule has 0 spiro atoms. The zero-order valence-corrected chi connectivity index (χ0v) is 9.65. The number of carbonyl (C=O) groups is 1. The number of sulfone groups is 1. The average molecular weight is 244 g/mol. The van der Waals surface area contributed by atoms with Crippen LogP contribution in [0.5, 0.6) is 0 Å². The third kappa shape index (κ3) is 3.11. The Bertz CT molecular complexity index is 303. The first-order valence-electron chi connectivity index (χ1n) is 3.95. The van der Waals surface area contributed by atoms with Crippen molar-refractivity contribution in [1.29, 1.82) is 0 Å². The second-order valence-corrected chi connectivity index (χ2v) is 5.50. The molecule has 1 aliphatic heterocycles. The van der Waals surface area contributed by atoms with Gasteiger partial charge in [0.05, 0.1) is 12.4 Å². The molecule has 1 rings (SSSR count). The van der Waals surface area contributed by atoms with E-state index in [1.807, 2.05) is 0 Å². The molecule has 2 unspecified atom stereocenters. The van der Waals surface area contributed by atoms with Crippen molar-refractivity contribution >= 4 is 28.2 Å². The van der Waals surface area contributed by atoms with Crippen LogP contribution in [0, 0.1) is 0 Å². The minimum Gasteiger partial charge on any atom is -0.468 e. The third-order valence-electron chi connectivity index (χ3n) is 2.18. The number of carbonyl (C=O) groups excluding carboxylic acids is 1. The molecule has 84 valence electrons. The molecule has 1 heterocycles. The molecule has 7 heteroatoms. The summed E-state index contributed by atoms with van der Waals surface area (Å²) in [5.41, 5.74) is 0. The highest BCUT2D eigenvalue weighted by atomic mass is 35.5. The van der Waals surface area contributed by atoms with Crippen LogP contribution in [0.15, 0.2) is 0 Å². The van der Waals surface area contributed by atoms with Gasteiger partial charge >= 0.3 is 5.97 Å². The standard InChI is InChI=1S/C7H13NO4S.ClH/c1-12-7(9)6-3-5(4-8-6)13(2,10)11;/h5-6,8H,3-4H2,1-2H3;1H. The quantitative estimate of drug-likeness (QED) is 0.653. The van der Waals surface area contributed by atoms with E-state index in [4.69, 9.17) is 0 Å². The number of methoxy groups -OCH3 is 1. The van der Waals surface area contributed by atoms with Crippen LogP contribution in [0.4, 0.5) is 0 Å². The Morgan fingerprint density at radius 3 is 2.43 bits per heavy atom. The molecule has 0 amide bonds. The van der Waals surface area contributed by atoms with Crippen molar-refractivity contribution in [3.63, 3.8) is 0 Å². The summed E-state index contributed by atoms with van der Waals surface area (Å²) in [7, 11) is -1.76. The van der Waals surface area contributed by atoms with Crippen LogP contribution in [0.1, 0.15) is 6.42 Å². The van der Waals surface area contributed by atoms with E-state index in [9.17, 15) is 13.2 Å². The van der Waals surface area contributed by atoms with Gasteiger partial charge in [-0.15, -0.1) is 12.4 Å². The molecule has 1 fully saturated rings. The Hall–Kier alpha value is -0.330. The Balaban J connectivity index is 0.00000169. The first kappa shape index (κ1) is 13.7. The first-order chi connectivity index (χ1) is 5.95. The fraction of sp³-hybridized carbons (Fsp3) is 0.857. The minimum absolute atomic E-state index is 0. The summed E-state index contributed by atoms with van der Waals surface area (Å²) in [4.78, 5) is 11.0. The van der Waals surface area contributed by atoms with E-state index in [0.717, 1.165) is 0 Å². The number of hydrogen-bond acceptors (Lipinski definition) is 5. The lowest BCUT2D eigenvalue weighted by molar-refractivity contribution is -0.142. The Morgan fingerprint density at radius 2 is 2.07 bits per heavy atom. The summed E-state index contributed by atoms with van der Waals surface area (Å²) in [6.07, 6.45) is 1.49. The lowest BCUT2D eigenvalue weighted by atomic mass is 10.2. The van der Waals surface area contributed by atoms with Crippen molar-refractivity contribution in [3.8, 4) is 0 Å². The second kappa shape index (κ2) is 4.95. The average Bonchev–Trinajstić information content (AvgIpc) is 2.50. The van der Waals surface area contributed by atoms with Crippen LogP contribution in [0.2, 0.25) is 0 Å². The molecular weight excluding hydrogens is 230 g/mol. The SMILES string of the molecule is COC(=O)C1CC(S(C)(=O)=O)CN1.Cl. The molecule has 0 aliphatic carbocycles. The number of hydrogen-bond donors (Lipinski definition) is 1. The molecule has 0 bridgehead atoms. The summed E-state index contributed by atoms with van der Waals surface area (Å²) >= 11 is 0. The molecule has 0 aromatic rings. The molecule has 0 saturated carbocycles. The van der Waals surface area contributed by atoms with Gasteiger partial charge < -0.3 is 10.1 Å². The minimum atomic E-state index is -3.05. The molecule has 2 atom stereocenters. The van der Waals surface area contributed by atoms with E-state index in [1.165, 1.54) is 13.4 Å². The zero-order chi connectivity index (χ0) is 10.1. The predicted molar refractivity (Wildman–Crippen MR) is 54.3 cm³/mol. The van der Waals surface area contributed by atoms with Crippen LogP contribution >= 0.6 is 12.4 Å². The lowest BCUT2D eigenvalue weighted by Crippen LogP contribution is -2.31. The summed E-state index contributed by atoms with van der Waals surface area (Å²) in [5, 5.41) is 2.35. The van der Waals surface area contributed by atoms with E-state index < -0.39 is 27.1 Å². The van der Waals surface area contributed by atoms with E-state index in [0.29, 0.717) is 13.0 Å². The number of halogens is 1. The van der Waals surface area contributed by atoms with Crippen LogP contribution in [-0.2, 0) is 19.4 Å².